The fourth-order valence-electron chi connectivity index (χ4n) is 2.77. The predicted octanol–water partition coefficient (Wildman–Crippen LogP) is -0.244. The van der Waals surface area contributed by atoms with Crippen molar-refractivity contribution in [2.24, 2.45) is 17.6 Å². The van der Waals surface area contributed by atoms with Crippen molar-refractivity contribution in [3.05, 3.63) is 0 Å². The molecule has 5 nitrogen and oxygen atoms in total. The third-order valence-electron chi connectivity index (χ3n) is 3.81. The molecule has 2 aliphatic rings. The van der Waals surface area contributed by atoms with Crippen LogP contribution in [0.15, 0.2) is 0 Å². The van der Waals surface area contributed by atoms with Crippen molar-refractivity contribution in [1.82, 2.24) is 10.6 Å². The van der Waals surface area contributed by atoms with Gasteiger partial charge in [0.15, 0.2) is 0 Å². The van der Waals surface area contributed by atoms with Crippen molar-refractivity contribution in [3.8, 4) is 0 Å². The van der Waals surface area contributed by atoms with E-state index in [1.54, 1.807) is 0 Å². The highest BCUT2D eigenvalue weighted by molar-refractivity contribution is 5.83. The van der Waals surface area contributed by atoms with Gasteiger partial charge in [0, 0.05) is 18.9 Å². The van der Waals surface area contributed by atoms with Crippen LogP contribution in [0.4, 0.5) is 0 Å². The van der Waals surface area contributed by atoms with Gasteiger partial charge in [-0.15, -0.1) is 0 Å². The maximum atomic E-state index is 12.0. The van der Waals surface area contributed by atoms with Gasteiger partial charge in [0.25, 0.3) is 0 Å². The van der Waals surface area contributed by atoms with E-state index in [1.165, 1.54) is 0 Å². The Bertz CT molecular complexity index is 306. The summed E-state index contributed by atoms with van der Waals surface area (Å²) in [6.07, 6.45) is 4.50. The molecule has 1 aliphatic carbocycles. The molecule has 4 N–H and O–H groups in total. The lowest BCUT2D eigenvalue weighted by Crippen LogP contribution is -2.41. The molecule has 1 saturated heterocycles. The van der Waals surface area contributed by atoms with Gasteiger partial charge in [-0.1, -0.05) is 6.42 Å². The summed E-state index contributed by atoms with van der Waals surface area (Å²) in [5.74, 6) is 0.708. The maximum Gasteiger partial charge on any atom is 0.223 e. The highest BCUT2D eigenvalue weighted by atomic mass is 16.2. The molecule has 5 heteroatoms. The van der Waals surface area contributed by atoms with Crippen molar-refractivity contribution in [2.75, 3.05) is 13.1 Å². The number of amides is 2. The summed E-state index contributed by atoms with van der Waals surface area (Å²) in [7, 11) is 0. The van der Waals surface area contributed by atoms with Gasteiger partial charge in [0.1, 0.15) is 0 Å². The van der Waals surface area contributed by atoms with Crippen LogP contribution >= 0.6 is 0 Å². The molecule has 96 valence electrons. The third-order valence-corrected chi connectivity index (χ3v) is 3.81. The monoisotopic (exact) mass is 239 g/mol. The Labute approximate surface area is 102 Å². The first-order valence-corrected chi connectivity index (χ1v) is 6.46. The largest absolute Gasteiger partial charge is 0.354 e. The molecule has 2 rings (SSSR count). The van der Waals surface area contributed by atoms with Crippen LogP contribution in [0.3, 0.4) is 0 Å². The molecule has 1 saturated carbocycles. The van der Waals surface area contributed by atoms with Crippen molar-refractivity contribution in [2.45, 2.75) is 38.1 Å². The molecular formula is C12H21N3O2. The Hall–Kier alpha value is -1.10. The van der Waals surface area contributed by atoms with Gasteiger partial charge in [0.05, 0.1) is 6.04 Å². The van der Waals surface area contributed by atoms with Crippen molar-refractivity contribution in [1.29, 1.82) is 0 Å². The third kappa shape index (κ3) is 3.19. The summed E-state index contributed by atoms with van der Waals surface area (Å²) in [5, 5.41) is 5.68. The summed E-state index contributed by atoms with van der Waals surface area (Å²) in [5.41, 5.74) is 5.66. The van der Waals surface area contributed by atoms with Gasteiger partial charge < -0.3 is 16.4 Å². The molecule has 0 aromatic carbocycles. The van der Waals surface area contributed by atoms with Crippen molar-refractivity contribution in [3.63, 3.8) is 0 Å². The molecular weight excluding hydrogens is 218 g/mol. The number of rotatable bonds is 3. The molecule has 1 aliphatic heterocycles. The zero-order valence-electron chi connectivity index (χ0n) is 10.1. The van der Waals surface area contributed by atoms with Crippen LogP contribution in [0.1, 0.15) is 32.1 Å². The van der Waals surface area contributed by atoms with Crippen LogP contribution in [0.25, 0.3) is 0 Å². The van der Waals surface area contributed by atoms with Crippen LogP contribution in [-0.2, 0) is 9.59 Å². The molecule has 17 heavy (non-hydrogen) atoms. The second kappa shape index (κ2) is 5.49. The quantitative estimate of drug-likeness (QED) is 0.635. The van der Waals surface area contributed by atoms with Crippen LogP contribution in [0, 0.1) is 11.8 Å². The summed E-state index contributed by atoms with van der Waals surface area (Å²) in [6, 6.07) is -0.0201. The Kier molecular flexibility index (Phi) is 3.99. The molecule has 3 unspecified atom stereocenters. The minimum atomic E-state index is -0.0201. The highest BCUT2D eigenvalue weighted by Crippen LogP contribution is 2.28. The van der Waals surface area contributed by atoms with E-state index in [1.807, 2.05) is 0 Å². The Balaban J connectivity index is 1.81. The van der Waals surface area contributed by atoms with Gasteiger partial charge in [0.2, 0.25) is 11.8 Å². The summed E-state index contributed by atoms with van der Waals surface area (Å²) in [4.78, 5) is 23.1. The smallest absolute Gasteiger partial charge is 0.223 e. The molecule has 0 spiro atoms. The minimum absolute atomic E-state index is 0.0201. The lowest BCUT2D eigenvalue weighted by molar-refractivity contribution is -0.127. The molecule has 2 amide bonds. The fourth-order valence-corrected chi connectivity index (χ4v) is 2.77. The summed E-state index contributed by atoms with van der Waals surface area (Å²) < 4.78 is 0. The van der Waals surface area contributed by atoms with Gasteiger partial charge in [-0.25, -0.2) is 0 Å². The zero-order valence-corrected chi connectivity index (χ0v) is 10.1. The van der Waals surface area contributed by atoms with Crippen molar-refractivity contribution >= 4 is 11.8 Å². The molecule has 2 fully saturated rings. The molecule has 0 aromatic heterocycles. The Morgan fingerprint density at radius 1 is 1.47 bits per heavy atom. The summed E-state index contributed by atoms with van der Waals surface area (Å²) in [6.45, 7) is 1.24. The molecule has 0 aromatic rings. The van der Waals surface area contributed by atoms with Crippen molar-refractivity contribution < 1.29 is 9.59 Å². The van der Waals surface area contributed by atoms with E-state index in [9.17, 15) is 9.59 Å². The fraction of sp³-hybridized carbons (Fsp3) is 0.833. The van der Waals surface area contributed by atoms with Crippen LogP contribution in [0.5, 0.6) is 0 Å². The van der Waals surface area contributed by atoms with E-state index in [-0.39, 0.29) is 23.8 Å². The highest BCUT2D eigenvalue weighted by Gasteiger charge is 2.29. The lowest BCUT2D eigenvalue weighted by Gasteiger charge is -2.28. The van der Waals surface area contributed by atoms with Gasteiger partial charge in [-0.05, 0) is 31.7 Å². The van der Waals surface area contributed by atoms with E-state index < -0.39 is 0 Å². The first kappa shape index (κ1) is 12.4. The van der Waals surface area contributed by atoms with E-state index in [2.05, 4.69) is 10.6 Å². The van der Waals surface area contributed by atoms with E-state index in [4.69, 9.17) is 5.73 Å². The number of hydrogen-bond donors (Lipinski definition) is 3. The Morgan fingerprint density at radius 2 is 2.29 bits per heavy atom. The number of carbonyl (C=O) groups is 2. The van der Waals surface area contributed by atoms with Gasteiger partial charge in [-0.3, -0.25) is 9.59 Å². The van der Waals surface area contributed by atoms with E-state index in [0.717, 1.165) is 25.7 Å². The van der Waals surface area contributed by atoms with E-state index >= 15 is 0 Å². The zero-order chi connectivity index (χ0) is 12.3. The summed E-state index contributed by atoms with van der Waals surface area (Å²) >= 11 is 0. The number of nitrogens with two attached hydrogens (primary N) is 1. The second-order valence-corrected chi connectivity index (χ2v) is 5.18. The maximum absolute atomic E-state index is 12.0. The predicted molar refractivity (Wildman–Crippen MR) is 64.1 cm³/mol. The SMILES string of the molecule is NCC1CCCC(C(=O)NC2CNC(=O)C2)C1. The van der Waals surface area contributed by atoms with Gasteiger partial charge in [-0.2, -0.15) is 0 Å². The number of carbonyl (C=O) groups excluding carboxylic acids is 2. The first-order chi connectivity index (χ1) is 8.19. The molecule has 1 heterocycles. The van der Waals surface area contributed by atoms with Crippen LogP contribution < -0.4 is 16.4 Å². The number of hydrogen-bond acceptors (Lipinski definition) is 3. The first-order valence-electron chi connectivity index (χ1n) is 6.46. The average Bonchev–Trinajstić information content (AvgIpc) is 2.75. The molecule has 0 radical (unpaired) electrons. The average molecular weight is 239 g/mol. The Morgan fingerprint density at radius 3 is 2.94 bits per heavy atom. The second-order valence-electron chi connectivity index (χ2n) is 5.18. The molecule has 3 atom stereocenters. The standard InChI is InChI=1S/C12H21N3O2/c13-6-8-2-1-3-9(4-8)12(17)15-10-5-11(16)14-7-10/h8-10H,1-7,13H2,(H,14,16)(H,15,17). The number of nitrogens with one attached hydrogen (secondary N) is 2. The van der Waals surface area contributed by atoms with Crippen LogP contribution in [-0.4, -0.2) is 30.9 Å². The molecule has 0 bridgehead atoms. The van der Waals surface area contributed by atoms with Gasteiger partial charge >= 0.3 is 0 Å². The lowest BCUT2D eigenvalue weighted by atomic mass is 9.81. The topological polar surface area (TPSA) is 84.2 Å². The van der Waals surface area contributed by atoms with Crippen LogP contribution in [0.2, 0.25) is 0 Å². The minimum Gasteiger partial charge on any atom is -0.354 e. The van der Waals surface area contributed by atoms with E-state index in [0.29, 0.717) is 25.4 Å². The normalized spacial score (nSPS) is 33.2.